The van der Waals surface area contributed by atoms with Crippen LogP contribution in [0.1, 0.15) is 40.0 Å². The first kappa shape index (κ1) is 15.6. The van der Waals surface area contributed by atoms with E-state index in [2.05, 4.69) is 29.4 Å². The van der Waals surface area contributed by atoms with Gasteiger partial charge in [0.15, 0.2) is 4.34 Å². The molecule has 2 rings (SSSR count). The van der Waals surface area contributed by atoms with Gasteiger partial charge in [0.25, 0.3) is 0 Å². The second kappa shape index (κ2) is 6.76. The van der Waals surface area contributed by atoms with Crippen molar-refractivity contribution in [2.24, 2.45) is 11.8 Å². The second-order valence-corrected chi connectivity index (χ2v) is 8.15. The molecule has 0 radical (unpaired) electrons. The van der Waals surface area contributed by atoms with E-state index in [0.29, 0.717) is 23.0 Å². The first-order valence-electron chi connectivity index (χ1n) is 7.03. The maximum absolute atomic E-state index is 12.3. The van der Waals surface area contributed by atoms with Crippen molar-refractivity contribution in [3.63, 3.8) is 0 Å². The number of thioether (sulfide) groups is 1. The summed E-state index contributed by atoms with van der Waals surface area (Å²) in [6.45, 7) is 6.40. The number of nitrogens with two attached hydrogens (primary N) is 1. The van der Waals surface area contributed by atoms with E-state index in [4.69, 9.17) is 5.73 Å². The Labute approximate surface area is 128 Å². The van der Waals surface area contributed by atoms with Gasteiger partial charge in [0.05, 0.1) is 5.25 Å². The van der Waals surface area contributed by atoms with E-state index in [1.807, 2.05) is 6.92 Å². The van der Waals surface area contributed by atoms with Crippen LogP contribution in [0.15, 0.2) is 4.34 Å². The van der Waals surface area contributed by atoms with Crippen molar-refractivity contribution in [3.8, 4) is 0 Å². The number of rotatable bonds is 4. The Morgan fingerprint density at radius 1 is 1.45 bits per heavy atom. The summed E-state index contributed by atoms with van der Waals surface area (Å²) < 4.78 is 0.746. The van der Waals surface area contributed by atoms with Crippen LogP contribution in [-0.2, 0) is 4.79 Å². The molecule has 7 heteroatoms. The number of carbonyl (C=O) groups is 1. The predicted octanol–water partition coefficient (Wildman–Crippen LogP) is 2.54. The molecule has 1 aromatic heterocycles. The average Bonchev–Trinajstić information content (AvgIpc) is 2.80. The second-order valence-electron chi connectivity index (χ2n) is 5.55. The lowest BCUT2D eigenvalue weighted by molar-refractivity contribution is -0.121. The van der Waals surface area contributed by atoms with Gasteiger partial charge in [0.1, 0.15) is 0 Å². The maximum Gasteiger partial charge on any atom is 0.233 e. The molecule has 1 aliphatic rings. The van der Waals surface area contributed by atoms with E-state index in [9.17, 15) is 4.79 Å². The molecule has 1 saturated carbocycles. The Morgan fingerprint density at radius 3 is 2.85 bits per heavy atom. The fraction of sp³-hybridized carbons (Fsp3) is 0.769. The predicted molar refractivity (Wildman–Crippen MR) is 83.8 cm³/mol. The normalized spacial score (nSPS) is 28.1. The molecule has 0 aliphatic heterocycles. The van der Waals surface area contributed by atoms with Gasteiger partial charge < -0.3 is 11.1 Å². The minimum Gasteiger partial charge on any atom is -0.374 e. The summed E-state index contributed by atoms with van der Waals surface area (Å²) in [7, 11) is 0. The molecule has 0 saturated heterocycles. The molecular weight excluding hydrogens is 292 g/mol. The molecule has 0 aromatic carbocycles. The fourth-order valence-electron chi connectivity index (χ4n) is 2.56. The van der Waals surface area contributed by atoms with Crippen molar-refractivity contribution in [2.75, 3.05) is 5.73 Å². The quantitative estimate of drug-likeness (QED) is 0.835. The van der Waals surface area contributed by atoms with Crippen LogP contribution in [0.4, 0.5) is 5.13 Å². The average molecular weight is 314 g/mol. The zero-order valence-corrected chi connectivity index (χ0v) is 13.8. The van der Waals surface area contributed by atoms with Crippen LogP contribution >= 0.6 is 23.1 Å². The topological polar surface area (TPSA) is 80.9 Å². The Balaban J connectivity index is 1.87. The van der Waals surface area contributed by atoms with Crippen LogP contribution < -0.4 is 11.1 Å². The van der Waals surface area contributed by atoms with E-state index in [0.717, 1.165) is 10.8 Å². The third-order valence-electron chi connectivity index (χ3n) is 4.10. The van der Waals surface area contributed by atoms with Crippen molar-refractivity contribution in [1.29, 1.82) is 0 Å². The van der Waals surface area contributed by atoms with Crippen LogP contribution in [0.2, 0.25) is 0 Å². The zero-order valence-electron chi connectivity index (χ0n) is 12.1. The molecule has 1 fully saturated rings. The highest BCUT2D eigenvalue weighted by Gasteiger charge is 2.29. The Hall–Kier alpha value is -0.820. The minimum absolute atomic E-state index is 0.0784. The van der Waals surface area contributed by atoms with E-state index < -0.39 is 0 Å². The lowest BCUT2D eigenvalue weighted by atomic mass is 9.78. The van der Waals surface area contributed by atoms with E-state index in [1.165, 1.54) is 35.9 Å². The van der Waals surface area contributed by atoms with Gasteiger partial charge in [0.2, 0.25) is 11.0 Å². The third-order valence-corrected chi connectivity index (χ3v) is 6.04. The summed E-state index contributed by atoms with van der Waals surface area (Å²) in [6, 6.07) is 0.300. The number of nitrogens with zero attached hydrogens (tertiary/aromatic N) is 2. The molecule has 1 aromatic rings. The van der Waals surface area contributed by atoms with Crippen molar-refractivity contribution < 1.29 is 4.79 Å². The van der Waals surface area contributed by atoms with Gasteiger partial charge in [-0.3, -0.25) is 4.79 Å². The van der Waals surface area contributed by atoms with Gasteiger partial charge in [-0.25, -0.2) is 0 Å². The molecule has 20 heavy (non-hydrogen) atoms. The lowest BCUT2D eigenvalue weighted by Gasteiger charge is -2.35. The number of hydrogen-bond acceptors (Lipinski definition) is 6. The smallest absolute Gasteiger partial charge is 0.233 e. The van der Waals surface area contributed by atoms with Crippen molar-refractivity contribution in [2.45, 2.75) is 55.7 Å². The van der Waals surface area contributed by atoms with Gasteiger partial charge in [0, 0.05) is 6.04 Å². The standard InChI is InChI=1S/C13H22N4OS2/c1-7-5-4-6-10(8(7)2)15-11(18)9(3)19-13-17-16-12(14)20-13/h7-10H,4-6H2,1-3H3,(H2,14,16)(H,15,18)/t7-,8-,9+,10-/m1/s1. The third kappa shape index (κ3) is 3.85. The van der Waals surface area contributed by atoms with Gasteiger partial charge >= 0.3 is 0 Å². The molecule has 1 heterocycles. The molecule has 4 atom stereocenters. The first-order chi connectivity index (χ1) is 9.47. The summed E-state index contributed by atoms with van der Waals surface area (Å²) in [5.74, 6) is 1.30. The maximum atomic E-state index is 12.3. The van der Waals surface area contributed by atoms with Crippen molar-refractivity contribution >= 4 is 34.1 Å². The largest absolute Gasteiger partial charge is 0.374 e. The Morgan fingerprint density at radius 2 is 2.20 bits per heavy atom. The number of carbonyl (C=O) groups excluding carboxylic acids is 1. The van der Waals surface area contributed by atoms with Crippen molar-refractivity contribution in [3.05, 3.63) is 0 Å². The molecule has 3 N–H and O–H groups in total. The van der Waals surface area contributed by atoms with Crippen LogP contribution in [0.3, 0.4) is 0 Å². The minimum atomic E-state index is -0.174. The number of nitrogen functional groups attached to an aromatic ring is 1. The van der Waals surface area contributed by atoms with Gasteiger partial charge in [-0.05, 0) is 25.2 Å². The van der Waals surface area contributed by atoms with Crippen LogP contribution in [0, 0.1) is 11.8 Å². The summed E-state index contributed by atoms with van der Waals surface area (Å²) in [5.41, 5.74) is 5.54. The van der Waals surface area contributed by atoms with E-state index in [-0.39, 0.29) is 11.2 Å². The SMILES string of the molecule is C[C@@H]1[C@H](C)CCC[C@H]1NC(=O)[C@H](C)Sc1nnc(N)s1. The molecule has 0 unspecified atom stereocenters. The van der Waals surface area contributed by atoms with Crippen molar-refractivity contribution in [1.82, 2.24) is 15.5 Å². The highest BCUT2D eigenvalue weighted by molar-refractivity contribution is 8.02. The Kier molecular flexibility index (Phi) is 5.26. The zero-order chi connectivity index (χ0) is 14.7. The molecular formula is C13H22N4OS2. The van der Waals surface area contributed by atoms with Crippen LogP contribution in [0.5, 0.6) is 0 Å². The summed E-state index contributed by atoms with van der Waals surface area (Å²) in [4.78, 5) is 12.3. The highest BCUT2D eigenvalue weighted by Crippen LogP contribution is 2.31. The molecule has 112 valence electrons. The van der Waals surface area contributed by atoms with E-state index >= 15 is 0 Å². The monoisotopic (exact) mass is 314 g/mol. The Bertz CT molecular complexity index is 465. The molecule has 1 amide bonds. The van der Waals surface area contributed by atoms with Crippen LogP contribution in [0.25, 0.3) is 0 Å². The van der Waals surface area contributed by atoms with E-state index in [1.54, 1.807) is 0 Å². The van der Waals surface area contributed by atoms with Gasteiger partial charge in [-0.15, -0.1) is 10.2 Å². The summed E-state index contributed by atoms with van der Waals surface area (Å²) in [6.07, 6.45) is 3.55. The molecule has 1 aliphatic carbocycles. The molecule has 0 bridgehead atoms. The summed E-state index contributed by atoms with van der Waals surface area (Å²) in [5, 5.41) is 11.2. The number of hydrogen-bond donors (Lipinski definition) is 2. The van der Waals surface area contributed by atoms with Gasteiger partial charge in [-0.1, -0.05) is 49.8 Å². The fourth-order valence-corrected chi connectivity index (χ4v) is 4.35. The first-order valence-corrected chi connectivity index (χ1v) is 8.73. The van der Waals surface area contributed by atoms with Gasteiger partial charge in [-0.2, -0.15) is 0 Å². The van der Waals surface area contributed by atoms with Crippen LogP contribution in [-0.4, -0.2) is 27.4 Å². The number of anilines is 1. The molecule has 5 nitrogen and oxygen atoms in total. The number of aromatic nitrogens is 2. The number of amides is 1. The highest BCUT2D eigenvalue weighted by atomic mass is 32.2. The molecule has 0 spiro atoms. The number of nitrogens with one attached hydrogen (secondary N) is 1. The lowest BCUT2D eigenvalue weighted by Crippen LogP contribution is -2.46. The summed E-state index contributed by atoms with van der Waals surface area (Å²) >= 11 is 2.73.